The standard InChI is InChI=1S/C11H20N2O3/c1-8(2)6-12-11(16)7-13-10(15)5-4-9(3)14/h8H,4-7H2,1-3H3,(H,12,16)(H,13,15). The van der Waals surface area contributed by atoms with Crippen molar-refractivity contribution in [1.82, 2.24) is 10.6 Å². The van der Waals surface area contributed by atoms with Crippen LogP contribution in [0.5, 0.6) is 0 Å². The van der Waals surface area contributed by atoms with Crippen LogP contribution in [0.2, 0.25) is 0 Å². The molecular formula is C11H20N2O3. The molecule has 5 nitrogen and oxygen atoms in total. The van der Waals surface area contributed by atoms with Crippen molar-refractivity contribution in [3.63, 3.8) is 0 Å². The van der Waals surface area contributed by atoms with Crippen LogP contribution in [-0.2, 0) is 14.4 Å². The minimum Gasteiger partial charge on any atom is -0.354 e. The molecule has 0 rings (SSSR count). The molecule has 0 saturated carbocycles. The molecule has 0 heterocycles. The third-order valence-electron chi connectivity index (χ3n) is 1.86. The molecule has 16 heavy (non-hydrogen) atoms. The van der Waals surface area contributed by atoms with E-state index >= 15 is 0 Å². The van der Waals surface area contributed by atoms with E-state index in [1.54, 1.807) is 0 Å². The summed E-state index contributed by atoms with van der Waals surface area (Å²) in [7, 11) is 0. The van der Waals surface area contributed by atoms with Crippen molar-refractivity contribution in [2.24, 2.45) is 5.92 Å². The van der Waals surface area contributed by atoms with Crippen LogP contribution in [0.15, 0.2) is 0 Å². The molecule has 0 spiro atoms. The number of hydrogen-bond acceptors (Lipinski definition) is 3. The van der Waals surface area contributed by atoms with E-state index in [9.17, 15) is 14.4 Å². The normalized spacial score (nSPS) is 10.0. The van der Waals surface area contributed by atoms with Crippen LogP contribution in [0, 0.1) is 5.92 Å². The molecule has 0 unspecified atom stereocenters. The number of hydrogen-bond donors (Lipinski definition) is 2. The lowest BCUT2D eigenvalue weighted by Crippen LogP contribution is -2.38. The van der Waals surface area contributed by atoms with Gasteiger partial charge in [-0.3, -0.25) is 9.59 Å². The van der Waals surface area contributed by atoms with Crippen LogP contribution in [0.4, 0.5) is 0 Å². The lowest BCUT2D eigenvalue weighted by atomic mass is 10.2. The first kappa shape index (κ1) is 14.6. The zero-order chi connectivity index (χ0) is 12.6. The largest absolute Gasteiger partial charge is 0.354 e. The second-order valence-corrected chi connectivity index (χ2v) is 4.18. The quantitative estimate of drug-likeness (QED) is 0.655. The number of carbonyl (C=O) groups excluding carboxylic acids is 3. The molecule has 0 aromatic carbocycles. The Hall–Kier alpha value is -1.39. The van der Waals surface area contributed by atoms with Crippen molar-refractivity contribution in [2.45, 2.75) is 33.6 Å². The van der Waals surface area contributed by atoms with Crippen LogP contribution >= 0.6 is 0 Å². The Balaban J connectivity index is 3.59. The summed E-state index contributed by atoms with van der Waals surface area (Å²) in [5.74, 6) is -0.114. The highest BCUT2D eigenvalue weighted by atomic mass is 16.2. The third kappa shape index (κ3) is 9.18. The fraction of sp³-hybridized carbons (Fsp3) is 0.727. The zero-order valence-corrected chi connectivity index (χ0v) is 10.1. The number of amides is 2. The molecular weight excluding hydrogens is 208 g/mol. The van der Waals surface area contributed by atoms with Gasteiger partial charge in [-0.05, 0) is 12.8 Å². The lowest BCUT2D eigenvalue weighted by molar-refractivity contribution is -0.127. The van der Waals surface area contributed by atoms with E-state index in [0.717, 1.165) is 0 Å². The summed E-state index contributed by atoms with van der Waals surface area (Å²) in [4.78, 5) is 32.9. The second kappa shape index (κ2) is 7.84. The SMILES string of the molecule is CC(=O)CCC(=O)NCC(=O)NCC(C)C. The minimum atomic E-state index is -0.269. The van der Waals surface area contributed by atoms with Gasteiger partial charge < -0.3 is 15.4 Å². The number of rotatable bonds is 7. The smallest absolute Gasteiger partial charge is 0.239 e. The van der Waals surface area contributed by atoms with Gasteiger partial charge in [-0.25, -0.2) is 0 Å². The van der Waals surface area contributed by atoms with Gasteiger partial charge in [0.25, 0.3) is 0 Å². The first-order chi connectivity index (χ1) is 7.41. The highest BCUT2D eigenvalue weighted by molar-refractivity contribution is 5.87. The maximum absolute atomic E-state index is 11.2. The van der Waals surface area contributed by atoms with E-state index in [0.29, 0.717) is 12.5 Å². The number of Topliss-reactive ketones (excluding diaryl/α,β-unsaturated/α-hetero) is 1. The van der Waals surface area contributed by atoms with Gasteiger partial charge >= 0.3 is 0 Å². The molecule has 2 N–H and O–H groups in total. The van der Waals surface area contributed by atoms with E-state index in [4.69, 9.17) is 0 Å². The Morgan fingerprint density at radius 1 is 1.00 bits per heavy atom. The molecule has 92 valence electrons. The summed E-state index contributed by atoms with van der Waals surface area (Å²) in [5.41, 5.74) is 0. The number of nitrogens with one attached hydrogen (secondary N) is 2. The van der Waals surface area contributed by atoms with E-state index in [2.05, 4.69) is 10.6 Å². The predicted molar refractivity (Wildman–Crippen MR) is 60.8 cm³/mol. The third-order valence-corrected chi connectivity index (χ3v) is 1.86. The molecule has 0 aliphatic rings. The molecule has 0 radical (unpaired) electrons. The van der Waals surface area contributed by atoms with Crippen LogP contribution in [0.3, 0.4) is 0 Å². The predicted octanol–water partition coefficient (Wildman–Crippen LogP) is 0.244. The van der Waals surface area contributed by atoms with Crippen molar-refractivity contribution in [3.8, 4) is 0 Å². The van der Waals surface area contributed by atoms with Gasteiger partial charge in [-0.1, -0.05) is 13.8 Å². The van der Waals surface area contributed by atoms with Gasteiger partial charge in [0.1, 0.15) is 5.78 Å². The molecule has 0 aromatic heterocycles. The molecule has 0 fully saturated rings. The highest BCUT2D eigenvalue weighted by Crippen LogP contribution is 1.90. The first-order valence-electron chi connectivity index (χ1n) is 5.44. The maximum atomic E-state index is 11.2. The molecule has 5 heteroatoms. The summed E-state index contributed by atoms with van der Waals surface area (Å²) in [5, 5.41) is 5.14. The van der Waals surface area contributed by atoms with E-state index in [1.807, 2.05) is 13.8 Å². The average Bonchev–Trinajstić information content (AvgIpc) is 2.20. The van der Waals surface area contributed by atoms with Crippen molar-refractivity contribution in [1.29, 1.82) is 0 Å². The molecule has 0 aliphatic carbocycles. The Labute approximate surface area is 96.0 Å². The van der Waals surface area contributed by atoms with Crippen LogP contribution in [0.1, 0.15) is 33.6 Å². The molecule has 2 amide bonds. The lowest BCUT2D eigenvalue weighted by Gasteiger charge is -2.08. The Bertz CT molecular complexity index is 262. The Kier molecular flexibility index (Phi) is 7.16. The van der Waals surface area contributed by atoms with Crippen molar-refractivity contribution < 1.29 is 14.4 Å². The van der Waals surface area contributed by atoms with Gasteiger partial charge in [0.2, 0.25) is 11.8 Å². The molecule has 0 atom stereocenters. The van der Waals surface area contributed by atoms with Crippen molar-refractivity contribution in [3.05, 3.63) is 0 Å². The average molecular weight is 228 g/mol. The fourth-order valence-electron chi connectivity index (χ4n) is 0.937. The number of ketones is 1. The van der Waals surface area contributed by atoms with Gasteiger partial charge in [0.15, 0.2) is 0 Å². The van der Waals surface area contributed by atoms with Gasteiger partial charge in [-0.15, -0.1) is 0 Å². The first-order valence-corrected chi connectivity index (χ1v) is 5.44. The van der Waals surface area contributed by atoms with E-state index < -0.39 is 0 Å². The summed E-state index contributed by atoms with van der Waals surface area (Å²) < 4.78 is 0. The van der Waals surface area contributed by atoms with Gasteiger partial charge in [0, 0.05) is 19.4 Å². The van der Waals surface area contributed by atoms with Crippen molar-refractivity contribution in [2.75, 3.05) is 13.1 Å². The van der Waals surface area contributed by atoms with Gasteiger partial charge in [0.05, 0.1) is 6.54 Å². The van der Waals surface area contributed by atoms with Crippen LogP contribution in [0.25, 0.3) is 0 Å². The topological polar surface area (TPSA) is 75.3 Å². The Morgan fingerprint density at radius 2 is 1.62 bits per heavy atom. The van der Waals surface area contributed by atoms with E-state index in [1.165, 1.54) is 6.92 Å². The maximum Gasteiger partial charge on any atom is 0.239 e. The fourth-order valence-corrected chi connectivity index (χ4v) is 0.937. The monoisotopic (exact) mass is 228 g/mol. The number of carbonyl (C=O) groups is 3. The van der Waals surface area contributed by atoms with Gasteiger partial charge in [-0.2, -0.15) is 0 Å². The van der Waals surface area contributed by atoms with Crippen LogP contribution in [-0.4, -0.2) is 30.7 Å². The molecule has 0 saturated heterocycles. The summed E-state index contributed by atoms with van der Waals surface area (Å²) in [6.45, 7) is 5.99. The summed E-state index contributed by atoms with van der Waals surface area (Å²) >= 11 is 0. The highest BCUT2D eigenvalue weighted by Gasteiger charge is 2.06. The van der Waals surface area contributed by atoms with E-state index in [-0.39, 0.29) is 37.0 Å². The molecule has 0 aromatic rings. The van der Waals surface area contributed by atoms with Crippen molar-refractivity contribution >= 4 is 17.6 Å². The molecule has 0 aliphatic heterocycles. The Morgan fingerprint density at radius 3 is 2.12 bits per heavy atom. The zero-order valence-electron chi connectivity index (χ0n) is 10.1. The summed E-state index contributed by atoms with van der Waals surface area (Å²) in [6, 6.07) is 0. The molecule has 0 bridgehead atoms. The summed E-state index contributed by atoms with van der Waals surface area (Å²) in [6.07, 6.45) is 0.367. The minimum absolute atomic E-state index is 0.0243. The second-order valence-electron chi connectivity index (χ2n) is 4.18. The van der Waals surface area contributed by atoms with Crippen LogP contribution < -0.4 is 10.6 Å².